The number of nitrogens with zero attached hydrogens (tertiary/aromatic N) is 1. The summed E-state index contributed by atoms with van der Waals surface area (Å²) in [6, 6.07) is 30.0. The van der Waals surface area contributed by atoms with Gasteiger partial charge in [0.2, 0.25) is 0 Å². The van der Waals surface area contributed by atoms with Crippen LogP contribution >= 0.6 is 11.8 Å². The second-order valence-corrected chi connectivity index (χ2v) is 6.87. The lowest BCUT2D eigenvalue weighted by Crippen LogP contribution is -2.20. The van der Waals surface area contributed by atoms with Gasteiger partial charge in [-0.2, -0.15) is 0 Å². The van der Waals surface area contributed by atoms with Crippen LogP contribution < -0.4 is 4.90 Å². The predicted molar refractivity (Wildman–Crippen MR) is 105 cm³/mol. The van der Waals surface area contributed by atoms with E-state index in [2.05, 4.69) is 96.8 Å². The first kappa shape index (κ1) is 15.1. The number of hydrogen-bond acceptors (Lipinski definition) is 2. The normalized spacial score (nSPS) is 13.8. The second kappa shape index (κ2) is 6.58. The minimum atomic E-state index is 1.02. The quantitative estimate of drug-likeness (QED) is 0.525. The molecular weight excluding hydrogens is 310 g/mol. The molecule has 3 aromatic rings. The fourth-order valence-electron chi connectivity index (χ4n) is 3.13. The van der Waals surface area contributed by atoms with Crippen molar-refractivity contribution < 1.29 is 0 Å². The summed E-state index contributed by atoms with van der Waals surface area (Å²) in [4.78, 5) is 5.13. The minimum Gasteiger partial charge on any atom is -0.308 e. The molecule has 0 saturated carbocycles. The molecule has 0 aliphatic carbocycles. The molecule has 0 unspecified atom stereocenters. The van der Waals surface area contributed by atoms with Crippen molar-refractivity contribution in [3.63, 3.8) is 0 Å². The number of para-hydroxylation sites is 2. The summed E-state index contributed by atoms with van der Waals surface area (Å²) in [6.45, 7) is 2.24. The van der Waals surface area contributed by atoms with Gasteiger partial charge < -0.3 is 4.90 Å². The van der Waals surface area contributed by atoms with Crippen molar-refractivity contribution in [2.24, 2.45) is 0 Å². The van der Waals surface area contributed by atoms with E-state index in [4.69, 9.17) is 0 Å². The smallest absolute Gasteiger partial charge is 0.0632 e. The maximum absolute atomic E-state index is 2.40. The molecule has 0 saturated heterocycles. The van der Waals surface area contributed by atoms with Gasteiger partial charge in [-0.1, -0.05) is 79.3 Å². The zero-order chi connectivity index (χ0) is 16.4. The van der Waals surface area contributed by atoms with E-state index >= 15 is 0 Å². The van der Waals surface area contributed by atoms with Crippen LogP contribution in [0.4, 0.5) is 11.4 Å². The van der Waals surface area contributed by atoms with E-state index in [-0.39, 0.29) is 0 Å². The van der Waals surface area contributed by atoms with E-state index in [1.165, 1.54) is 32.4 Å². The van der Waals surface area contributed by atoms with E-state index < -0.39 is 0 Å². The largest absolute Gasteiger partial charge is 0.308 e. The van der Waals surface area contributed by atoms with Crippen LogP contribution in [0.3, 0.4) is 0 Å². The van der Waals surface area contributed by atoms with Crippen LogP contribution in [0.2, 0.25) is 0 Å². The highest BCUT2D eigenvalue weighted by Crippen LogP contribution is 2.50. The van der Waals surface area contributed by atoms with Gasteiger partial charge in [-0.15, -0.1) is 0 Å². The van der Waals surface area contributed by atoms with Crippen LogP contribution in [-0.4, -0.2) is 0 Å². The summed E-state index contributed by atoms with van der Waals surface area (Å²) in [5, 5.41) is 0. The number of thioether (sulfide) groups is 1. The van der Waals surface area contributed by atoms with Crippen LogP contribution in [0.1, 0.15) is 18.9 Å². The molecule has 1 aliphatic rings. The number of anilines is 2. The summed E-state index contributed by atoms with van der Waals surface area (Å²) >= 11 is 1.90. The Morgan fingerprint density at radius 1 is 0.750 bits per heavy atom. The third kappa shape index (κ3) is 2.63. The molecule has 24 heavy (non-hydrogen) atoms. The Kier molecular flexibility index (Phi) is 4.14. The minimum absolute atomic E-state index is 1.02. The molecule has 0 fully saturated rings. The van der Waals surface area contributed by atoms with Crippen LogP contribution in [0.15, 0.2) is 94.7 Å². The highest BCUT2D eigenvalue weighted by molar-refractivity contribution is 8.03. The van der Waals surface area contributed by atoms with E-state index in [9.17, 15) is 0 Å². The lowest BCUT2D eigenvalue weighted by Gasteiger charge is -2.35. The lowest BCUT2D eigenvalue weighted by molar-refractivity contribution is 1.14. The Balaban J connectivity index is 1.98. The summed E-state index contributed by atoms with van der Waals surface area (Å²) in [6.07, 6.45) is 1.02. The number of allylic oxidation sites excluding steroid dienone is 1. The Hall–Kier alpha value is -2.45. The van der Waals surface area contributed by atoms with Crippen LogP contribution in [0.5, 0.6) is 0 Å². The molecule has 2 heteroatoms. The number of rotatable bonds is 3. The average Bonchev–Trinajstić information content (AvgIpc) is 2.67. The zero-order valence-corrected chi connectivity index (χ0v) is 14.5. The average molecular weight is 329 g/mol. The molecule has 1 heterocycles. The maximum atomic E-state index is 2.40. The van der Waals surface area contributed by atoms with E-state index in [1.807, 2.05) is 11.8 Å². The summed E-state index contributed by atoms with van der Waals surface area (Å²) < 4.78 is 0. The first-order valence-corrected chi connectivity index (χ1v) is 9.10. The zero-order valence-electron chi connectivity index (χ0n) is 13.6. The van der Waals surface area contributed by atoms with Gasteiger partial charge in [0, 0.05) is 15.5 Å². The fraction of sp³-hybridized carbons (Fsp3) is 0.0909. The third-order valence-corrected chi connectivity index (χ3v) is 5.50. The van der Waals surface area contributed by atoms with E-state index in [0.717, 1.165) is 6.42 Å². The molecule has 0 atom stereocenters. The topological polar surface area (TPSA) is 3.24 Å². The highest BCUT2D eigenvalue weighted by atomic mass is 32.2. The van der Waals surface area contributed by atoms with Gasteiger partial charge >= 0.3 is 0 Å². The van der Waals surface area contributed by atoms with Crippen molar-refractivity contribution >= 4 is 28.8 Å². The predicted octanol–water partition coefficient (Wildman–Crippen LogP) is 6.71. The highest BCUT2D eigenvalue weighted by Gasteiger charge is 2.27. The molecule has 0 radical (unpaired) electrons. The maximum Gasteiger partial charge on any atom is 0.0632 e. The molecular formula is C22H19NS. The standard InChI is InChI=1S/C22H19NS/c1-2-20-22(17-11-5-3-6-12-17)23(18-13-7-4-8-14-18)19-15-9-10-16-21(19)24-20/h3-16H,2H2,1H3. The lowest BCUT2D eigenvalue weighted by atomic mass is 10.1. The fourth-order valence-corrected chi connectivity index (χ4v) is 4.25. The second-order valence-electron chi connectivity index (χ2n) is 5.73. The first-order chi connectivity index (χ1) is 11.9. The molecule has 1 nitrogen and oxygen atoms in total. The van der Waals surface area contributed by atoms with Crippen LogP contribution in [0.25, 0.3) is 5.70 Å². The van der Waals surface area contributed by atoms with Gasteiger partial charge in [0.25, 0.3) is 0 Å². The summed E-state index contributed by atoms with van der Waals surface area (Å²) in [7, 11) is 0. The van der Waals surface area contributed by atoms with Crippen molar-refractivity contribution in [2.45, 2.75) is 18.2 Å². The molecule has 0 spiro atoms. The SMILES string of the molecule is CCC1=C(c2ccccc2)N(c2ccccc2)c2ccccc2S1. The van der Waals surface area contributed by atoms with Crippen LogP contribution in [0, 0.1) is 0 Å². The van der Waals surface area contributed by atoms with Gasteiger partial charge in [0.05, 0.1) is 11.4 Å². The van der Waals surface area contributed by atoms with Crippen LogP contribution in [-0.2, 0) is 0 Å². The molecule has 0 aromatic heterocycles. The van der Waals surface area contributed by atoms with E-state index in [1.54, 1.807) is 0 Å². The summed E-state index contributed by atoms with van der Waals surface area (Å²) in [5.41, 5.74) is 5.02. The molecule has 0 bridgehead atoms. The Morgan fingerprint density at radius 3 is 2.08 bits per heavy atom. The van der Waals surface area contributed by atoms with Gasteiger partial charge in [-0.05, 0) is 36.2 Å². The van der Waals surface area contributed by atoms with Crippen molar-refractivity contribution in [1.82, 2.24) is 0 Å². The molecule has 118 valence electrons. The van der Waals surface area contributed by atoms with Crippen molar-refractivity contribution in [2.75, 3.05) is 4.90 Å². The van der Waals surface area contributed by atoms with Crippen molar-refractivity contribution in [3.05, 3.63) is 95.4 Å². The third-order valence-electron chi connectivity index (χ3n) is 4.21. The number of hydrogen-bond donors (Lipinski definition) is 0. The Bertz CT molecular complexity index is 869. The van der Waals surface area contributed by atoms with Gasteiger partial charge in [-0.25, -0.2) is 0 Å². The Labute approximate surface area is 147 Å². The van der Waals surface area contributed by atoms with Gasteiger partial charge in [-0.3, -0.25) is 0 Å². The van der Waals surface area contributed by atoms with Crippen molar-refractivity contribution in [3.8, 4) is 0 Å². The van der Waals surface area contributed by atoms with Crippen molar-refractivity contribution in [1.29, 1.82) is 0 Å². The molecule has 0 amide bonds. The number of fused-ring (bicyclic) bond motifs is 1. The molecule has 1 aliphatic heterocycles. The monoisotopic (exact) mass is 329 g/mol. The van der Waals surface area contributed by atoms with E-state index in [0.29, 0.717) is 0 Å². The molecule has 0 N–H and O–H groups in total. The number of benzene rings is 3. The first-order valence-electron chi connectivity index (χ1n) is 8.29. The van der Waals surface area contributed by atoms with Gasteiger partial charge in [0.1, 0.15) is 0 Å². The Morgan fingerprint density at radius 2 is 1.38 bits per heavy atom. The molecule has 4 rings (SSSR count). The van der Waals surface area contributed by atoms with Gasteiger partial charge in [0.15, 0.2) is 0 Å². The summed E-state index contributed by atoms with van der Waals surface area (Å²) in [5.74, 6) is 0. The molecule has 3 aromatic carbocycles.